The number of benzene rings is 2. The molecular formula is C21H22N2O3. The summed E-state index contributed by atoms with van der Waals surface area (Å²) in [4.78, 5) is 29.3. The van der Waals surface area contributed by atoms with Gasteiger partial charge in [-0.15, -0.1) is 0 Å². The second-order valence-electron chi connectivity index (χ2n) is 7.00. The van der Waals surface area contributed by atoms with Crippen LogP contribution in [0, 0.1) is 5.41 Å². The molecule has 2 aliphatic rings. The van der Waals surface area contributed by atoms with E-state index in [2.05, 4.69) is 0 Å². The number of carbonyl (C=O) groups excluding carboxylic acids is 2. The third-order valence-corrected chi connectivity index (χ3v) is 5.57. The van der Waals surface area contributed by atoms with Crippen molar-refractivity contribution in [2.24, 2.45) is 5.41 Å². The second kappa shape index (κ2) is 6.48. The van der Waals surface area contributed by atoms with E-state index in [0.717, 1.165) is 25.1 Å². The second-order valence-corrected chi connectivity index (χ2v) is 7.00. The lowest BCUT2D eigenvalue weighted by Gasteiger charge is -2.52. The maximum absolute atomic E-state index is 12.8. The molecule has 2 heterocycles. The van der Waals surface area contributed by atoms with Crippen LogP contribution in [0.5, 0.6) is 5.75 Å². The highest BCUT2D eigenvalue weighted by Crippen LogP contribution is 2.44. The number of likely N-dealkylation sites (tertiary alicyclic amines) is 1. The molecule has 5 heteroatoms. The van der Waals surface area contributed by atoms with Crippen LogP contribution in [0.15, 0.2) is 54.6 Å². The molecule has 2 amide bonds. The predicted octanol–water partition coefficient (Wildman–Crippen LogP) is 2.96. The van der Waals surface area contributed by atoms with Crippen LogP contribution in [0.1, 0.15) is 23.2 Å². The standard InChI is InChI=1S/C21H22N2O3/c1-26-18-10-6-5-9-17(18)19(24)22-13-11-21(12-14-22)15-23(20(21)25)16-7-3-2-4-8-16/h2-10H,11-15H2,1H3. The van der Waals surface area contributed by atoms with Crippen molar-refractivity contribution in [1.29, 1.82) is 0 Å². The Balaban J connectivity index is 1.42. The summed E-state index contributed by atoms with van der Waals surface area (Å²) in [5.41, 5.74) is 1.24. The fourth-order valence-electron chi connectivity index (χ4n) is 3.96. The van der Waals surface area contributed by atoms with Crippen molar-refractivity contribution >= 4 is 17.5 Å². The molecular weight excluding hydrogens is 328 g/mol. The zero-order chi connectivity index (χ0) is 18.1. The molecule has 0 unspecified atom stereocenters. The van der Waals surface area contributed by atoms with Crippen LogP contribution in [0.25, 0.3) is 0 Å². The van der Waals surface area contributed by atoms with E-state index in [-0.39, 0.29) is 17.2 Å². The van der Waals surface area contributed by atoms with Gasteiger partial charge in [0, 0.05) is 25.3 Å². The monoisotopic (exact) mass is 350 g/mol. The van der Waals surface area contributed by atoms with E-state index in [0.29, 0.717) is 24.4 Å². The maximum Gasteiger partial charge on any atom is 0.257 e. The van der Waals surface area contributed by atoms with E-state index in [1.165, 1.54) is 0 Å². The number of β-lactam (4-membered cyclic amide) rings is 1. The fraction of sp³-hybridized carbons (Fsp3) is 0.333. The number of hydrogen-bond donors (Lipinski definition) is 0. The van der Waals surface area contributed by atoms with Crippen LogP contribution < -0.4 is 9.64 Å². The minimum absolute atomic E-state index is 0.0241. The fourth-order valence-corrected chi connectivity index (χ4v) is 3.96. The average molecular weight is 350 g/mol. The number of ether oxygens (including phenoxy) is 1. The van der Waals surface area contributed by atoms with Crippen LogP contribution in [0.2, 0.25) is 0 Å². The van der Waals surface area contributed by atoms with Crippen LogP contribution in [0.4, 0.5) is 5.69 Å². The quantitative estimate of drug-likeness (QED) is 0.800. The van der Waals surface area contributed by atoms with Crippen molar-refractivity contribution in [3.63, 3.8) is 0 Å². The van der Waals surface area contributed by atoms with Gasteiger partial charge in [-0.3, -0.25) is 9.59 Å². The molecule has 0 N–H and O–H groups in total. The highest BCUT2D eigenvalue weighted by atomic mass is 16.5. The molecule has 0 aromatic heterocycles. The summed E-state index contributed by atoms with van der Waals surface area (Å²) in [5.74, 6) is 0.754. The van der Waals surface area contributed by atoms with Gasteiger partial charge in [-0.1, -0.05) is 30.3 Å². The van der Waals surface area contributed by atoms with Crippen LogP contribution in [-0.2, 0) is 4.79 Å². The lowest BCUT2D eigenvalue weighted by molar-refractivity contribution is -0.138. The first-order valence-corrected chi connectivity index (χ1v) is 8.94. The first-order chi connectivity index (χ1) is 12.6. The number of nitrogens with zero attached hydrogens (tertiary/aromatic N) is 2. The lowest BCUT2D eigenvalue weighted by atomic mass is 9.70. The van der Waals surface area contributed by atoms with Crippen molar-refractivity contribution in [2.75, 3.05) is 31.6 Å². The minimum atomic E-state index is -0.298. The van der Waals surface area contributed by atoms with Crippen molar-refractivity contribution in [1.82, 2.24) is 4.90 Å². The molecule has 1 spiro atoms. The summed E-state index contributed by atoms with van der Waals surface area (Å²) >= 11 is 0. The number of hydrogen-bond acceptors (Lipinski definition) is 3. The maximum atomic E-state index is 12.8. The molecule has 4 rings (SSSR count). The summed E-state index contributed by atoms with van der Waals surface area (Å²) in [6.07, 6.45) is 1.44. The van der Waals surface area contributed by atoms with E-state index < -0.39 is 0 Å². The van der Waals surface area contributed by atoms with Gasteiger partial charge in [0.25, 0.3) is 5.91 Å². The highest BCUT2D eigenvalue weighted by Gasteiger charge is 2.53. The molecule has 2 aliphatic heterocycles. The van der Waals surface area contributed by atoms with Gasteiger partial charge >= 0.3 is 0 Å². The number of methoxy groups -OCH3 is 1. The van der Waals surface area contributed by atoms with Gasteiger partial charge < -0.3 is 14.5 Å². The Kier molecular flexibility index (Phi) is 4.15. The van der Waals surface area contributed by atoms with E-state index >= 15 is 0 Å². The largest absolute Gasteiger partial charge is 0.496 e. The summed E-state index contributed by atoms with van der Waals surface area (Å²) in [5, 5.41) is 0. The molecule has 0 bridgehead atoms. The zero-order valence-corrected chi connectivity index (χ0v) is 14.9. The first kappa shape index (κ1) is 16.6. The van der Waals surface area contributed by atoms with Crippen molar-refractivity contribution in [2.45, 2.75) is 12.8 Å². The number of piperidine rings is 1. The Bertz CT molecular complexity index is 826. The Morgan fingerprint density at radius 1 is 1.00 bits per heavy atom. The average Bonchev–Trinajstić information content (AvgIpc) is 2.72. The van der Waals surface area contributed by atoms with Gasteiger partial charge in [0.15, 0.2) is 0 Å². The van der Waals surface area contributed by atoms with Crippen LogP contribution in [-0.4, -0.2) is 43.5 Å². The van der Waals surface area contributed by atoms with Gasteiger partial charge in [0.05, 0.1) is 18.1 Å². The molecule has 0 aliphatic carbocycles. The SMILES string of the molecule is COc1ccccc1C(=O)N1CCC2(CC1)CN(c1ccccc1)C2=O. The van der Waals surface area contributed by atoms with E-state index in [4.69, 9.17) is 4.74 Å². The van der Waals surface area contributed by atoms with Crippen molar-refractivity contribution in [3.05, 3.63) is 60.2 Å². The third-order valence-electron chi connectivity index (χ3n) is 5.57. The Morgan fingerprint density at radius 3 is 2.31 bits per heavy atom. The number of rotatable bonds is 3. The molecule has 0 radical (unpaired) electrons. The summed E-state index contributed by atoms with van der Waals surface area (Å²) < 4.78 is 5.30. The zero-order valence-electron chi connectivity index (χ0n) is 14.9. The molecule has 2 aromatic rings. The predicted molar refractivity (Wildman–Crippen MR) is 99.4 cm³/mol. The number of amides is 2. The lowest BCUT2D eigenvalue weighted by Crippen LogP contribution is -2.65. The molecule has 2 saturated heterocycles. The number of carbonyl (C=O) groups is 2. The highest BCUT2D eigenvalue weighted by molar-refractivity contribution is 6.05. The Labute approximate surface area is 153 Å². The topological polar surface area (TPSA) is 49.9 Å². The summed E-state index contributed by atoms with van der Waals surface area (Å²) in [7, 11) is 1.57. The summed E-state index contributed by atoms with van der Waals surface area (Å²) in [6.45, 7) is 1.95. The Hall–Kier alpha value is -2.82. The van der Waals surface area contributed by atoms with E-state index in [1.54, 1.807) is 19.2 Å². The number of para-hydroxylation sites is 2. The molecule has 0 atom stereocenters. The van der Waals surface area contributed by atoms with E-state index in [9.17, 15) is 9.59 Å². The van der Waals surface area contributed by atoms with Gasteiger partial charge in [0.2, 0.25) is 5.91 Å². The molecule has 134 valence electrons. The third kappa shape index (κ3) is 2.64. The van der Waals surface area contributed by atoms with Crippen molar-refractivity contribution < 1.29 is 14.3 Å². The number of anilines is 1. The van der Waals surface area contributed by atoms with Gasteiger partial charge in [-0.2, -0.15) is 0 Å². The van der Waals surface area contributed by atoms with Crippen LogP contribution >= 0.6 is 0 Å². The smallest absolute Gasteiger partial charge is 0.257 e. The molecule has 2 aromatic carbocycles. The minimum Gasteiger partial charge on any atom is -0.496 e. The van der Waals surface area contributed by atoms with E-state index in [1.807, 2.05) is 52.3 Å². The molecule has 2 fully saturated rings. The van der Waals surface area contributed by atoms with Crippen LogP contribution in [0.3, 0.4) is 0 Å². The first-order valence-electron chi connectivity index (χ1n) is 8.94. The van der Waals surface area contributed by atoms with Crippen molar-refractivity contribution in [3.8, 4) is 5.75 Å². The molecule has 0 saturated carbocycles. The van der Waals surface area contributed by atoms with Gasteiger partial charge in [0.1, 0.15) is 5.75 Å². The van der Waals surface area contributed by atoms with Gasteiger partial charge in [-0.25, -0.2) is 0 Å². The normalized spacial score (nSPS) is 18.6. The summed E-state index contributed by atoms with van der Waals surface area (Å²) in [6, 6.07) is 17.1. The molecule has 5 nitrogen and oxygen atoms in total. The Morgan fingerprint density at radius 2 is 1.65 bits per heavy atom. The van der Waals surface area contributed by atoms with Gasteiger partial charge in [-0.05, 0) is 37.1 Å². The molecule has 26 heavy (non-hydrogen) atoms.